The van der Waals surface area contributed by atoms with Crippen LogP contribution in [0, 0.1) is 5.41 Å². The molecule has 0 aliphatic carbocycles. The smallest absolute Gasteiger partial charge is 0.332 e. The molecule has 3 atom stereocenters. The first-order valence-corrected chi connectivity index (χ1v) is 7.01. The number of hydrogen-bond donors (Lipinski definition) is 6. The summed E-state index contributed by atoms with van der Waals surface area (Å²) in [7, 11) is 0. The number of amidine groups is 1. The summed E-state index contributed by atoms with van der Waals surface area (Å²) in [6, 6.07) is 4.33. The number of ketones is 1. The van der Waals surface area contributed by atoms with Gasteiger partial charge in [0.1, 0.15) is 12.1 Å². The summed E-state index contributed by atoms with van der Waals surface area (Å²) in [5, 5.41) is 26.4. The number of aldehydes is 1. The second-order valence-electron chi connectivity index (χ2n) is 5.32. The molecule has 9 heteroatoms. The van der Waals surface area contributed by atoms with Crippen LogP contribution in [0.3, 0.4) is 0 Å². The van der Waals surface area contributed by atoms with Crippen LogP contribution in [0.4, 0.5) is 0 Å². The van der Waals surface area contributed by atoms with Gasteiger partial charge in [0.15, 0.2) is 11.3 Å². The lowest BCUT2D eigenvalue weighted by atomic mass is 9.75. The highest BCUT2D eigenvalue weighted by molar-refractivity contribution is 6.11. The Balaban J connectivity index is 3.33. The van der Waals surface area contributed by atoms with Crippen molar-refractivity contribution in [3.63, 3.8) is 0 Å². The quantitative estimate of drug-likeness (QED) is 0.133. The molecule has 0 bridgehead atoms. The van der Waals surface area contributed by atoms with Gasteiger partial charge in [-0.3, -0.25) is 10.2 Å². The molecule has 0 aliphatic heterocycles. The van der Waals surface area contributed by atoms with Crippen molar-refractivity contribution in [1.82, 2.24) is 0 Å². The van der Waals surface area contributed by atoms with Crippen molar-refractivity contribution in [3.05, 3.63) is 35.4 Å². The number of carbonyl (C=O) groups excluding carboxylic acids is 2. The molecular formula is C15H20N4O5. The van der Waals surface area contributed by atoms with E-state index in [1.165, 1.54) is 24.3 Å². The number of Topliss-reactive ketones (excluding diaryl/α,β-unsaturated/α-hetero) is 1. The van der Waals surface area contributed by atoms with Crippen molar-refractivity contribution >= 4 is 23.9 Å². The van der Waals surface area contributed by atoms with E-state index in [2.05, 4.69) is 0 Å². The van der Waals surface area contributed by atoms with Crippen LogP contribution in [-0.2, 0) is 14.4 Å². The molecule has 3 unspecified atom stereocenters. The van der Waals surface area contributed by atoms with Gasteiger partial charge >= 0.3 is 5.97 Å². The highest BCUT2D eigenvalue weighted by Crippen LogP contribution is 2.29. The van der Waals surface area contributed by atoms with Crippen molar-refractivity contribution in [2.24, 2.45) is 17.2 Å². The van der Waals surface area contributed by atoms with E-state index in [1.54, 1.807) is 0 Å². The molecule has 0 saturated heterocycles. The zero-order valence-corrected chi connectivity index (χ0v) is 12.8. The number of rotatable bonds is 9. The molecule has 9 nitrogen and oxygen atoms in total. The van der Waals surface area contributed by atoms with E-state index in [0.717, 1.165) is 0 Å². The number of nitrogen functional groups attached to an aromatic ring is 1. The van der Waals surface area contributed by atoms with Crippen LogP contribution in [0.15, 0.2) is 24.3 Å². The number of carboxylic acids is 1. The Labute approximate surface area is 137 Å². The Morgan fingerprint density at radius 3 is 2.21 bits per heavy atom. The number of aliphatic hydroxyl groups excluding tert-OH is 1. The molecule has 0 fully saturated rings. The molecule has 0 heterocycles. The number of hydrogen-bond acceptors (Lipinski definition) is 7. The van der Waals surface area contributed by atoms with Gasteiger partial charge in [0.05, 0.1) is 12.6 Å². The normalized spacial score (nSPS) is 15.8. The SMILES string of the molecule is N=C(N)c1ccc(C(CO)C(N)(C(=O)O)C(=O)C(N)CC=O)cc1. The summed E-state index contributed by atoms with van der Waals surface area (Å²) >= 11 is 0. The maximum atomic E-state index is 12.4. The second kappa shape index (κ2) is 7.77. The van der Waals surface area contributed by atoms with E-state index >= 15 is 0 Å². The maximum absolute atomic E-state index is 12.4. The molecule has 0 radical (unpaired) electrons. The van der Waals surface area contributed by atoms with Gasteiger partial charge in [0, 0.05) is 17.9 Å². The Hall–Kier alpha value is -2.62. The lowest BCUT2D eigenvalue weighted by molar-refractivity contribution is -0.151. The van der Waals surface area contributed by atoms with Crippen molar-refractivity contribution in [1.29, 1.82) is 5.41 Å². The van der Waals surface area contributed by atoms with Crippen LogP contribution in [-0.4, -0.2) is 52.3 Å². The summed E-state index contributed by atoms with van der Waals surface area (Å²) in [5.74, 6) is -4.20. The van der Waals surface area contributed by atoms with Crippen LogP contribution in [0.1, 0.15) is 23.5 Å². The summed E-state index contributed by atoms with van der Waals surface area (Å²) < 4.78 is 0. The van der Waals surface area contributed by atoms with Crippen molar-refractivity contribution in [2.45, 2.75) is 23.9 Å². The Morgan fingerprint density at radius 1 is 1.29 bits per heavy atom. The highest BCUT2D eigenvalue weighted by Gasteiger charge is 2.51. The average molecular weight is 336 g/mol. The molecule has 1 rings (SSSR count). The van der Waals surface area contributed by atoms with Crippen molar-refractivity contribution in [2.75, 3.05) is 6.61 Å². The van der Waals surface area contributed by atoms with E-state index in [4.69, 9.17) is 22.6 Å². The molecule has 9 N–H and O–H groups in total. The van der Waals surface area contributed by atoms with Gasteiger partial charge in [-0.25, -0.2) is 4.79 Å². The Morgan fingerprint density at radius 2 is 1.83 bits per heavy atom. The Bertz CT molecular complexity index is 646. The summed E-state index contributed by atoms with van der Waals surface area (Å²) in [6.07, 6.45) is 0.00687. The lowest BCUT2D eigenvalue weighted by Crippen LogP contribution is -2.64. The minimum absolute atomic E-state index is 0.191. The molecular weight excluding hydrogens is 316 g/mol. The van der Waals surface area contributed by atoms with Gasteiger partial charge in [-0.1, -0.05) is 24.3 Å². The minimum Gasteiger partial charge on any atom is -0.480 e. The summed E-state index contributed by atoms with van der Waals surface area (Å²) in [6.45, 7) is -0.734. The topological polar surface area (TPSA) is 194 Å². The molecule has 0 aliphatic rings. The van der Waals surface area contributed by atoms with Gasteiger partial charge in [-0.05, 0) is 5.56 Å². The van der Waals surface area contributed by atoms with E-state index in [0.29, 0.717) is 11.8 Å². The molecule has 0 spiro atoms. The Kier molecular flexibility index (Phi) is 6.29. The van der Waals surface area contributed by atoms with Gasteiger partial charge in [0.2, 0.25) is 0 Å². The van der Waals surface area contributed by atoms with Crippen LogP contribution in [0.25, 0.3) is 0 Å². The van der Waals surface area contributed by atoms with E-state index < -0.39 is 35.9 Å². The third-order valence-electron chi connectivity index (χ3n) is 3.80. The fourth-order valence-corrected chi connectivity index (χ4v) is 2.35. The molecule has 1 aromatic rings. The zero-order chi connectivity index (χ0) is 18.5. The summed E-state index contributed by atoms with van der Waals surface area (Å²) in [4.78, 5) is 34.6. The molecule has 0 saturated carbocycles. The fourth-order valence-electron chi connectivity index (χ4n) is 2.35. The maximum Gasteiger partial charge on any atom is 0.332 e. The first-order chi connectivity index (χ1) is 11.2. The molecule has 0 amide bonds. The number of carbonyl (C=O) groups is 3. The van der Waals surface area contributed by atoms with Crippen molar-refractivity contribution < 1.29 is 24.6 Å². The van der Waals surface area contributed by atoms with E-state index in [9.17, 15) is 24.6 Å². The standard InChI is InChI=1S/C15H20N4O5/c16-11(5-6-20)12(22)15(19,14(23)24)10(7-21)8-1-3-9(4-2-8)13(17)18/h1-4,6,10-11,21H,5,7,16,19H2,(H3,17,18)(H,23,24). The van der Waals surface area contributed by atoms with Crippen molar-refractivity contribution in [3.8, 4) is 0 Å². The third kappa shape index (κ3) is 3.65. The van der Waals surface area contributed by atoms with Crippen LogP contribution in [0.2, 0.25) is 0 Å². The molecule has 0 aromatic heterocycles. The number of benzene rings is 1. The fraction of sp³-hybridized carbons (Fsp3) is 0.333. The highest BCUT2D eigenvalue weighted by atomic mass is 16.4. The van der Waals surface area contributed by atoms with E-state index in [1.807, 2.05) is 0 Å². The minimum atomic E-state index is -2.51. The van der Waals surface area contributed by atoms with Crippen LogP contribution in [0.5, 0.6) is 0 Å². The number of nitrogens with one attached hydrogen (secondary N) is 1. The third-order valence-corrected chi connectivity index (χ3v) is 3.80. The van der Waals surface area contributed by atoms with Gasteiger partial charge in [-0.2, -0.15) is 0 Å². The number of aliphatic carboxylic acids is 1. The predicted octanol–water partition coefficient (Wildman–Crippen LogP) is -1.69. The first-order valence-electron chi connectivity index (χ1n) is 7.01. The zero-order valence-electron chi connectivity index (χ0n) is 12.8. The second-order valence-corrected chi connectivity index (χ2v) is 5.32. The molecule has 1 aromatic carbocycles. The first kappa shape index (κ1) is 19.4. The van der Waals surface area contributed by atoms with Gasteiger partial charge in [0.25, 0.3) is 0 Å². The lowest BCUT2D eigenvalue weighted by Gasteiger charge is -2.33. The number of carboxylic acid groups (broad SMARTS) is 1. The summed E-state index contributed by atoms with van der Waals surface area (Å²) in [5.41, 5.74) is 14.8. The average Bonchev–Trinajstić information content (AvgIpc) is 2.55. The van der Waals surface area contributed by atoms with Gasteiger partial charge in [-0.15, -0.1) is 0 Å². The monoisotopic (exact) mass is 336 g/mol. The number of nitrogens with two attached hydrogens (primary N) is 3. The number of aliphatic hydroxyl groups is 1. The van der Waals surface area contributed by atoms with E-state index in [-0.39, 0.29) is 17.8 Å². The predicted molar refractivity (Wildman–Crippen MR) is 85.5 cm³/mol. The molecule has 24 heavy (non-hydrogen) atoms. The molecule has 130 valence electrons. The van der Waals surface area contributed by atoms with Crippen LogP contribution < -0.4 is 17.2 Å². The van der Waals surface area contributed by atoms with Crippen LogP contribution >= 0.6 is 0 Å². The largest absolute Gasteiger partial charge is 0.480 e. The van der Waals surface area contributed by atoms with Gasteiger partial charge < -0.3 is 32.2 Å².